The van der Waals surface area contributed by atoms with Crippen molar-refractivity contribution < 1.29 is 0 Å². The van der Waals surface area contributed by atoms with Crippen LogP contribution >= 0.6 is 0 Å². The average Bonchev–Trinajstić information content (AvgIpc) is 2.95. The van der Waals surface area contributed by atoms with Gasteiger partial charge >= 0.3 is 0 Å². The number of para-hydroxylation sites is 1. The minimum atomic E-state index is 0.112. The molecule has 0 aliphatic rings. The van der Waals surface area contributed by atoms with Crippen molar-refractivity contribution in [1.82, 2.24) is 9.55 Å². The first-order valence-corrected chi connectivity index (χ1v) is 7.83. The Kier molecular flexibility index (Phi) is 3.00. The zero-order chi connectivity index (χ0) is 15.1. The molecule has 0 saturated carbocycles. The highest BCUT2D eigenvalue weighted by molar-refractivity contribution is 6.14. The number of hydrogen-bond donors (Lipinski definition) is 1. The molecule has 0 amide bonds. The van der Waals surface area contributed by atoms with Crippen LogP contribution in [0.1, 0.15) is 19.8 Å². The minimum absolute atomic E-state index is 0.112. The van der Waals surface area contributed by atoms with Crippen LogP contribution < -0.4 is 5.56 Å². The van der Waals surface area contributed by atoms with E-state index in [2.05, 4.69) is 24.0 Å². The zero-order valence-corrected chi connectivity index (χ0v) is 12.6. The number of aromatic amines is 1. The minimum Gasteiger partial charge on any atom is -0.353 e. The van der Waals surface area contributed by atoms with Gasteiger partial charge in [-0.15, -0.1) is 0 Å². The second-order valence-corrected chi connectivity index (χ2v) is 5.75. The molecule has 0 saturated heterocycles. The third kappa shape index (κ3) is 1.78. The van der Waals surface area contributed by atoms with Gasteiger partial charge in [0.1, 0.15) is 0 Å². The Labute approximate surface area is 128 Å². The number of nitrogens with zero attached hydrogens (tertiary/aromatic N) is 1. The van der Waals surface area contributed by atoms with Crippen LogP contribution in [0, 0.1) is 0 Å². The van der Waals surface area contributed by atoms with Crippen molar-refractivity contribution in [2.24, 2.45) is 0 Å². The van der Waals surface area contributed by atoms with Crippen molar-refractivity contribution >= 4 is 32.7 Å². The maximum atomic E-state index is 12.9. The lowest BCUT2D eigenvalue weighted by Gasteiger charge is -2.10. The van der Waals surface area contributed by atoms with Gasteiger partial charge in [-0.3, -0.25) is 4.79 Å². The Balaban J connectivity index is 2.25. The molecule has 1 N–H and O–H groups in total. The number of aromatic nitrogens is 2. The summed E-state index contributed by atoms with van der Waals surface area (Å²) >= 11 is 0. The van der Waals surface area contributed by atoms with E-state index in [9.17, 15) is 4.79 Å². The summed E-state index contributed by atoms with van der Waals surface area (Å²) in [6.07, 6.45) is 2.08. The number of aryl methyl sites for hydroxylation is 1. The topological polar surface area (TPSA) is 37.8 Å². The molecule has 4 aromatic rings. The largest absolute Gasteiger partial charge is 0.353 e. The molecule has 22 heavy (non-hydrogen) atoms. The van der Waals surface area contributed by atoms with E-state index in [-0.39, 0.29) is 5.56 Å². The second kappa shape index (κ2) is 5.02. The predicted molar refractivity (Wildman–Crippen MR) is 92.5 cm³/mol. The summed E-state index contributed by atoms with van der Waals surface area (Å²) in [5.74, 6) is 0. The van der Waals surface area contributed by atoms with Gasteiger partial charge in [-0.2, -0.15) is 0 Å². The average molecular weight is 290 g/mol. The quantitative estimate of drug-likeness (QED) is 0.595. The van der Waals surface area contributed by atoms with Gasteiger partial charge in [-0.05, 0) is 18.6 Å². The summed E-state index contributed by atoms with van der Waals surface area (Å²) in [6, 6.07) is 16.1. The molecular weight excluding hydrogens is 272 g/mol. The SMILES string of the molecule is CCCCn1c(=O)c2ccccc2c2[nH]c3ccccc3c21. The van der Waals surface area contributed by atoms with E-state index >= 15 is 0 Å². The number of benzene rings is 2. The molecule has 0 spiro atoms. The van der Waals surface area contributed by atoms with Crippen molar-refractivity contribution in [1.29, 1.82) is 0 Å². The maximum absolute atomic E-state index is 12.9. The van der Waals surface area contributed by atoms with E-state index in [0.717, 1.165) is 52.1 Å². The van der Waals surface area contributed by atoms with E-state index in [4.69, 9.17) is 0 Å². The lowest BCUT2D eigenvalue weighted by molar-refractivity contribution is 0.636. The van der Waals surface area contributed by atoms with Crippen molar-refractivity contribution in [3.05, 3.63) is 58.9 Å². The standard InChI is InChI=1S/C19H18N2O/c1-2-3-12-21-18-15-10-6-7-11-16(15)20-17(18)13-8-4-5-9-14(13)19(21)22/h4-11,20H,2-3,12H2,1H3. The first-order chi connectivity index (χ1) is 10.8. The first-order valence-electron chi connectivity index (χ1n) is 7.83. The highest BCUT2D eigenvalue weighted by atomic mass is 16.1. The van der Waals surface area contributed by atoms with Crippen molar-refractivity contribution in [2.75, 3.05) is 0 Å². The van der Waals surface area contributed by atoms with Crippen molar-refractivity contribution in [3.8, 4) is 0 Å². The van der Waals surface area contributed by atoms with Gasteiger partial charge in [0.2, 0.25) is 0 Å². The summed E-state index contributed by atoms with van der Waals surface area (Å²) in [6.45, 7) is 2.91. The highest BCUT2D eigenvalue weighted by Crippen LogP contribution is 2.29. The molecule has 2 aromatic carbocycles. The van der Waals surface area contributed by atoms with Crippen LogP contribution in [0.15, 0.2) is 53.3 Å². The van der Waals surface area contributed by atoms with E-state index in [1.165, 1.54) is 0 Å². The molecule has 4 rings (SSSR count). The molecule has 3 nitrogen and oxygen atoms in total. The van der Waals surface area contributed by atoms with Gasteiger partial charge in [0.15, 0.2) is 0 Å². The van der Waals surface area contributed by atoms with Crippen LogP contribution in [0.5, 0.6) is 0 Å². The van der Waals surface area contributed by atoms with Gasteiger partial charge in [0, 0.05) is 28.2 Å². The lowest BCUT2D eigenvalue weighted by atomic mass is 10.1. The van der Waals surface area contributed by atoms with Crippen LogP contribution in [-0.2, 0) is 6.54 Å². The van der Waals surface area contributed by atoms with Crippen LogP contribution in [0.2, 0.25) is 0 Å². The summed E-state index contributed by atoms with van der Waals surface area (Å²) in [7, 11) is 0. The highest BCUT2D eigenvalue weighted by Gasteiger charge is 2.14. The fraction of sp³-hybridized carbons (Fsp3) is 0.211. The molecule has 2 aromatic heterocycles. The molecule has 0 bridgehead atoms. The number of rotatable bonds is 3. The molecule has 0 aliphatic carbocycles. The Morgan fingerprint density at radius 3 is 2.41 bits per heavy atom. The number of pyridine rings is 1. The number of hydrogen-bond acceptors (Lipinski definition) is 1. The molecule has 0 atom stereocenters. The molecular formula is C19H18N2O. The lowest BCUT2D eigenvalue weighted by Crippen LogP contribution is -2.20. The third-order valence-electron chi connectivity index (χ3n) is 4.36. The monoisotopic (exact) mass is 290 g/mol. The van der Waals surface area contributed by atoms with E-state index in [1.807, 2.05) is 41.0 Å². The molecule has 0 unspecified atom stereocenters. The van der Waals surface area contributed by atoms with Gasteiger partial charge in [-0.25, -0.2) is 0 Å². The van der Waals surface area contributed by atoms with Crippen LogP contribution in [0.3, 0.4) is 0 Å². The number of unbranched alkanes of at least 4 members (excludes halogenated alkanes) is 1. The van der Waals surface area contributed by atoms with Crippen LogP contribution in [-0.4, -0.2) is 9.55 Å². The first kappa shape index (κ1) is 13.1. The van der Waals surface area contributed by atoms with Crippen molar-refractivity contribution in [2.45, 2.75) is 26.3 Å². The molecule has 0 fully saturated rings. The number of H-pyrrole nitrogens is 1. The van der Waals surface area contributed by atoms with Crippen LogP contribution in [0.4, 0.5) is 0 Å². The van der Waals surface area contributed by atoms with Gasteiger partial charge < -0.3 is 9.55 Å². The predicted octanol–water partition coefficient (Wildman–Crippen LogP) is 4.44. The number of nitrogens with one attached hydrogen (secondary N) is 1. The Bertz CT molecular complexity index is 1040. The summed E-state index contributed by atoms with van der Waals surface area (Å²) in [5.41, 5.74) is 3.29. The molecule has 110 valence electrons. The Hall–Kier alpha value is -2.55. The maximum Gasteiger partial charge on any atom is 0.259 e. The Morgan fingerprint density at radius 1 is 0.955 bits per heavy atom. The molecule has 0 radical (unpaired) electrons. The van der Waals surface area contributed by atoms with Gasteiger partial charge in [0.05, 0.1) is 11.0 Å². The van der Waals surface area contributed by atoms with Gasteiger partial charge in [-0.1, -0.05) is 49.7 Å². The third-order valence-corrected chi connectivity index (χ3v) is 4.36. The summed E-state index contributed by atoms with van der Waals surface area (Å²) < 4.78 is 1.94. The van der Waals surface area contributed by atoms with E-state index in [0.29, 0.717) is 0 Å². The van der Waals surface area contributed by atoms with E-state index in [1.54, 1.807) is 0 Å². The zero-order valence-electron chi connectivity index (χ0n) is 12.6. The Morgan fingerprint density at radius 2 is 1.64 bits per heavy atom. The summed E-state index contributed by atoms with van der Waals surface area (Å²) in [4.78, 5) is 16.4. The molecule has 2 heterocycles. The normalized spacial score (nSPS) is 11.7. The fourth-order valence-corrected chi connectivity index (χ4v) is 3.27. The van der Waals surface area contributed by atoms with Crippen molar-refractivity contribution in [3.63, 3.8) is 0 Å². The molecule has 3 heteroatoms. The van der Waals surface area contributed by atoms with E-state index < -0.39 is 0 Å². The smallest absolute Gasteiger partial charge is 0.259 e. The van der Waals surface area contributed by atoms with Crippen LogP contribution in [0.25, 0.3) is 32.7 Å². The number of fused-ring (bicyclic) bond motifs is 5. The van der Waals surface area contributed by atoms with Gasteiger partial charge in [0.25, 0.3) is 5.56 Å². The summed E-state index contributed by atoms with van der Waals surface area (Å²) in [5, 5.41) is 2.92. The molecule has 0 aliphatic heterocycles. The second-order valence-electron chi connectivity index (χ2n) is 5.75. The fourth-order valence-electron chi connectivity index (χ4n) is 3.27.